The first-order valence-electron chi connectivity index (χ1n) is 5.66. The summed E-state index contributed by atoms with van der Waals surface area (Å²) >= 11 is 0. The normalized spacial score (nSPS) is 14.6. The second-order valence-corrected chi connectivity index (χ2v) is 6.27. The van der Waals surface area contributed by atoms with E-state index in [0.29, 0.717) is 26.2 Å². The highest BCUT2D eigenvalue weighted by molar-refractivity contribution is 6.48. The second-order valence-electron chi connectivity index (χ2n) is 3.70. The molecule has 0 aromatic heterocycles. The van der Waals surface area contributed by atoms with E-state index < -0.39 is 14.4 Å². The molecule has 0 saturated heterocycles. The molecule has 0 fully saturated rings. The molecule has 0 aliphatic carbocycles. The Morgan fingerprint density at radius 2 is 1.94 bits per heavy atom. The van der Waals surface area contributed by atoms with Crippen molar-refractivity contribution in [2.24, 2.45) is 10.7 Å². The number of rotatable bonds is 9. The van der Waals surface area contributed by atoms with Crippen LogP contribution < -0.4 is 5.73 Å². The standard InChI is InChI=1S/C10H22N2O3Si/c1-4-14-16(15-5-2)10(3,12-9-13)7-6-8-11/h16H,4-8,11H2,1-3H3. The number of isocyanates is 1. The zero-order chi connectivity index (χ0) is 12.4. The van der Waals surface area contributed by atoms with Gasteiger partial charge in [-0.3, -0.25) is 0 Å². The summed E-state index contributed by atoms with van der Waals surface area (Å²) in [4.78, 5) is 14.4. The van der Waals surface area contributed by atoms with Crippen LogP contribution in [0.15, 0.2) is 4.99 Å². The van der Waals surface area contributed by atoms with E-state index in [9.17, 15) is 4.79 Å². The molecule has 0 spiro atoms. The Morgan fingerprint density at radius 1 is 1.38 bits per heavy atom. The molecule has 2 N–H and O–H groups in total. The Kier molecular flexibility index (Phi) is 8.33. The Bertz CT molecular complexity index is 228. The van der Waals surface area contributed by atoms with Crippen LogP contribution in [-0.2, 0) is 13.6 Å². The molecule has 16 heavy (non-hydrogen) atoms. The summed E-state index contributed by atoms with van der Waals surface area (Å²) < 4.78 is 11.2. The maximum Gasteiger partial charge on any atom is 0.350 e. The molecule has 0 aromatic carbocycles. The lowest BCUT2D eigenvalue weighted by Gasteiger charge is -2.30. The highest BCUT2D eigenvalue weighted by Crippen LogP contribution is 2.22. The van der Waals surface area contributed by atoms with Gasteiger partial charge in [0.2, 0.25) is 6.08 Å². The monoisotopic (exact) mass is 246 g/mol. The van der Waals surface area contributed by atoms with Crippen molar-refractivity contribution in [3.05, 3.63) is 0 Å². The smallest absolute Gasteiger partial charge is 0.350 e. The van der Waals surface area contributed by atoms with Gasteiger partial charge in [-0.1, -0.05) is 0 Å². The highest BCUT2D eigenvalue weighted by Gasteiger charge is 2.38. The predicted octanol–water partition coefficient (Wildman–Crippen LogP) is 0.652. The van der Waals surface area contributed by atoms with Gasteiger partial charge in [-0.25, -0.2) is 4.79 Å². The maximum atomic E-state index is 10.5. The number of nitrogens with two attached hydrogens (primary N) is 1. The van der Waals surface area contributed by atoms with Crippen LogP contribution in [0.3, 0.4) is 0 Å². The topological polar surface area (TPSA) is 73.9 Å². The molecule has 0 amide bonds. The molecule has 0 heterocycles. The predicted molar refractivity (Wildman–Crippen MR) is 65.2 cm³/mol. The summed E-state index contributed by atoms with van der Waals surface area (Å²) in [6.45, 7) is 7.42. The lowest BCUT2D eigenvalue weighted by atomic mass is 10.2. The number of hydrogen-bond donors (Lipinski definition) is 1. The van der Waals surface area contributed by atoms with Crippen molar-refractivity contribution in [3.63, 3.8) is 0 Å². The van der Waals surface area contributed by atoms with Crippen LogP contribution in [-0.4, -0.2) is 40.3 Å². The Morgan fingerprint density at radius 3 is 2.31 bits per heavy atom. The van der Waals surface area contributed by atoms with Gasteiger partial charge in [0, 0.05) is 13.2 Å². The van der Waals surface area contributed by atoms with Gasteiger partial charge in [0.15, 0.2) is 0 Å². The third kappa shape index (κ3) is 5.00. The van der Waals surface area contributed by atoms with Gasteiger partial charge in [0.05, 0.1) is 0 Å². The summed E-state index contributed by atoms with van der Waals surface area (Å²) in [5.41, 5.74) is 5.47. The summed E-state index contributed by atoms with van der Waals surface area (Å²) in [6.07, 6.45) is 3.12. The van der Waals surface area contributed by atoms with E-state index in [1.807, 2.05) is 20.8 Å². The molecule has 0 rings (SSSR count). The first-order chi connectivity index (χ1) is 7.64. The molecule has 6 heteroatoms. The molecule has 0 aromatic rings. The van der Waals surface area contributed by atoms with Gasteiger partial charge in [0.1, 0.15) is 5.16 Å². The van der Waals surface area contributed by atoms with E-state index in [0.717, 1.165) is 6.42 Å². The number of aliphatic imine (C=N–C) groups is 1. The third-order valence-corrected chi connectivity index (χ3v) is 5.04. The van der Waals surface area contributed by atoms with Crippen LogP contribution in [0, 0.1) is 0 Å². The molecule has 0 saturated carbocycles. The van der Waals surface area contributed by atoms with Crippen LogP contribution in [0.5, 0.6) is 0 Å². The molecule has 1 unspecified atom stereocenters. The van der Waals surface area contributed by atoms with Crippen molar-refractivity contribution in [2.45, 2.75) is 38.8 Å². The van der Waals surface area contributed by atoms with Crippen LogP contribution >= 0.6 is 0 Å². The first-order valence-corrected chi connectivity index (χ1v) is 7.18. The largest absolute Gasteiger partial charge is 0.395 e. The van der Waals surface area contributed by atoms with Gasteiger partial charge in [-0.05, 0) is 40.2 Å². The molecule has 0 aliphatic rings. The molecular formula is C10H22N2O3Si. The number of nitrogens with zero attached hydrogens (tertiary/aromatic N) is 1. The number of hydrogen-bond acceptors (Lipinski definition) is 5. The average molecular weight is 246 g/mol. The maximum absolute atomic E-state index is 10.5. The van der Waals surface area contributed by atoms with Crippen molar-refractivity contribution in [2.75, 3.05) is 19.8 Å². The van der Waals surface area contributed by atoms with E-state index in [1.54, 1.807) is 6.08 Å². The SMILES string of the molecule is CCO[SiH](OCC)C(C)(CCCN)N=C=O. The third-order valence-electron chi connectivity index (χ3n) is 2.33. The van der Waals surface area contributed by atoms with Crippen molar-refractivity contribution in [3.8, 4) is 0 Å². The molecule has 5 nitrogen and oxygen atoms in total. The zero-order valence-electron chi connectivity index (χ0n) is 10.4. The summed E-state index contributed by atoms with van der Waals surface area (Å²) in [6, 6.07) is 0. The molecule has 0 radical (unpaired) electrons. The van der Waals surface area contributed by atoms with E-state index in [-0.39, 0.29) is 0 Å². The fourth-order valence-electron chi connectivity index (χ4n) is 1.50. The summed E-state index contributed by atoms with van der Waals surface area (Å²) in [5, 5.41) is -0.562. The molecule has 94 valence electrons. The van der Waals surface area contributed by atoms with Crippen molar-refractivity contribution < 1.29 is 13.6 Å². The fourth-order valence-corrected chi connectivity index (χ4v) is 3.52. The van der Waals surface area contributed by atoms with E-state index >= 15 is 0 Å². The quantitative estimate of drug-likeness (QED) is 0.368. The minimum absolute atomic E-state index is 0.562. The molecule has 0 bridgehead atoms. The lowest BCUT2D eigenvalue weighted by molar-refractivity contribution is 0.187. The van der Waals surface area contributed by atoms with Gasteiger partial charge >= 0.3 is 9.28 Å². The van der Waals surface area contributed by atoms with Crippen LogP contribution in [0.25, 0.3) is 0 Å². The van der Waals surface area contributed by atoms with Crippen molar-refractivity contribution in [1.29, 1.82) is 0 Å². The Hall–Kier alpha value is -0.523. The van der Waals surface area contributed by atoms with Crippen LogP contribution in [0.2, 0.25) is 0 Å². The van der Waals surface area contributed by atoms with E-state index in [2.05, 4.69) is 4.99 Å². The lowest BCUT2D eigenvalue weighted by Crippen LogP contribution is -2.47. The summed E-state index contributed by atoms with van der Waals surface area (Å²) in [5.74, 6) is 0. The van der Waals surface area contributed by atoms with Gasteiger partial charge in [-0.2, -0.15) is 4.99 Å². The average Bonchev–Trinajstić information content (AvgIpc) is 2.26. The molecule has 0 aliphatic heterocycles. The minimum atomic E-state index is -2.00. The van der Waals surface area contributed by atoms with Crippen LogP contribution in [0.4, 0.5) is 0 Å². The van der Waals surface area contributed by atoms with E-state index in [4.69, 9.17) is 14.6 Å². The fraction of sp³-hybridized carbons (Fsp3) is 0.900. The Labute approximate surface area is 98.9 Å². The number of carbonyl (C=O) groups excluding carboxylic acids is 1. The van der Waals surface area contributed by atoms with E-state index in [1.165, 1.54) is 0 Å². The van der Waals surface area contributed by atoms with Gasteiger partial charge in [0.25, 0.3) is 0 Å². The van der Waals surface area contributed by atoms with Gasteiger partial charge < -0.3 is 14.6 Å². The second kappa shape index (κ2) is 8.61. The van der Waals surface area contributed by atoms with Crippen molar-refractivity contribution >= 4 is 15.4 Å². The first kappa shape index (κ1) is 15.5. The zero-order valence-corrected chi connectivity index (χ0v) is 11.5. The molecule has 1 atom stereocenters. The Balaban J connectivity index is 4.71. The summed E-state index contributed by atoms with van der Waals surface area (Å²) in [7, 11) is -2.00. The van der Waals surface area contributed by atoms with Crippen LogP contribution in [0.1, 0.15) is 33.6 Å². The van der Waals surface area contributed by atoms with Gasteiger partial charge in [-0.15, -0.1) is 0 Å². The minimum Gasteiger partial charge on any atom is -0.395 e. The molecular weight excluding hydrogens is 224 g/mol. The van der Waals surface area contributed by atoms with Crippen molar-refractivity contribution in [1.82, 2.24) is 0 Å². The highest BCUT2D eigenvalue weighted by atomic mass is 28.3.